The number of carbonyl (C=O) groups is 2. The van der Waals surface area contributed by atoms with Gasteiger partial charge in [0.05, 0.1) is 10.0 Å². The van der Waals surface area contributed by atoms with E-state index >= 15 is 0 Å². The van der Waals surface area contributed by atoms with E-state index in [0.717, 1.165) is 11.1 Å². The molecule has 0 radical (unpaired) electrons. The Bertz CT molecular complexity index is 1310. The maximum atomic E-state index is 12.5. The number of ether oxygens (including phenoxy) is 1. The zero-order valence-electron chi connectivity index (χ0n) is 18.5. The number of hydrogen-bond acceptors (Lipinski definition) is 4. The molecule has 2 N–H and O–H groups in total. The molecule has 0 aliphatic rings. The maximum absolute atomic E-state index is 12.5. The van der Waals surface area contributed by atoms with Gasteiger partial charge in [0.2, 0.25) is 0 Å². The maximum Gasteiger partial charge on any atom is 0.266 e. The summed E-state index contributed by atoms with van der Waals surface area (Å²) in [6.07, 6.45) is 1.43. The van der Waals surface area contributed by atoms with Gasteiger partial charge in [-0.25, -0.2) is 0 Å². The minimum Gasteiger partial charge on any atom is -0.484 e. The Balaban J connectivity index is 1.64. The van der Waals surface area contributed by atoms with E-state index in [4.69, 9.17) is 27.9 Å². The van der Waals surface area contributed by atoms with Crippen molar-refractivity contribution in [2.24, 2.45) is 0 Å². The van der Waals surface area contributed by atoms with Gasteiger partial charge < -0.3 is 15.4 Å². The molecule has 0 spiro atoms. The van der Waals surface area contributed by atoms with E-state index in [0.29, 0.717) is 27.7 Å². The summed E-state index contributed by atoms with van der Waals surface area (Å²) in [6, 6.07) is 18.9. The number of amides is 2. The van der Waals surface area contributed by atoms with Crippen LogP contribution in [-0.2, 0) is 9.59 Å². The number of rotatable bonds is 7. The number of benzene rings is 3. The van der Waals surface area contributed by atoms with Crippen LogP contribution in [0.4, 0.5) is 11.4 Å². The second kappa shape index (κ2) is 11.4. The normalized spacial score (nSPS) is 10.9. The molecular weight excluding hydrogens is 473 g/mol. The van der Waals surface area contributed by atoms with Gasteiger partial charge in [0, 0.05) is 11.4 Å². The van der Waals surface area contributed by atoms with E-state index in [1.807, 2.05) is 38.1 Å². The first-order chi connectivity index (χ1) is 16.2. The predicted molar refractivity (Wildman–Crippen MR) is 135 cm³/mol. The van der Waals surface area contributed by atoms with Crippen LogP contribution in [0.5, 0.6) is 5.75 Å². The van der Waals surface area contributed by atoms with E-state index in [9.17, 15) is 14.9 Å². The van der Waals surface area contributed by atoms with Crippen molar-refractivity contribution in [2.75, 3.05) is 17.2 Å². The number of nitrogens with zero attached hydrogens (tertiary/aromatic N) is 1. The van der Waals surface area contributed by atoms with Crippen molar-refractivity contribution in [1.29, 1.82) is 5.26 Å². The van der Waals surface area contributed by atoms with Crippen LogP contribution >= 0.6 is 23.2 Å². The molecule has 0 heterocycles. The van der Waals surface area contributed by atoms with Gasteiger partial charge in [-0.1, -0.05) is 41.4 Å². The summed E-state index contributed by atoms with van der Waals surface area (Å²) in [7, 11) is 0. The monoisotopic (exact) mass is 493 g/mol. The number of carbonyl (C=O) groups excluding carboxylic acids is 2. The minimum absolute atomic E-state index is 0.115. The van der Waals surface area contributed by atoms with Crippen molar-refractivity contribution in [1.82, 2.24) is 0 Å². The van der Waals surface area contributed by atoms with Crippen molar-refractivity contribution in [3.63, 3.8) is 0 Å². The molecule has 0 fully saturated rings. The Morgan fingerprint density at radius 3 is 2.38 bits per heavy atom. The molecule has 0 saturated heterocycles. The fourth-order valence-corrected chi connectivity index (χ4v) is 3.24. The SMILES string of the molecule is Cc1ccc(NC(=O)COc2cccc(/C=C(/C#N)C(=O)Nc3ccc(Cl)c(Cl)c3)c2)cc1C. The summed E-state index contributed by atoms with van der Waals surface area (Å²) in [5.41, 5.74) is 3.77. The molecule has 3 aromatic carbocycles. The molecule has 0 bridgehead atoms. The average Bonchev–Trinajstić information content (AvgIpc) is 2.81. The Kier molecular flexibility index (Phi) is 8.31. The molecule has 0 unspecified atom stereocenters. The smallest absolute Gasteiger partial charge is 0.266 e. The van der Waals surface area contributed by atoms with E-state index in [2.05, 4.69) is 10.6 Å². The van der Waals surface area contributed by atoms with Gasteiger partial charge in [0.15, 0.2) is 6.61 Å². The lowest BCUT2D eigenvalue weighted by atomic mass is 10.1. The third-order valence-electron chi connectivity index (χ3n) is 4.87. The highest BCUT2D eigenvalue weighted by atomic mass is 35.5. The third kappa shape index (κ3) is 6.85. The van der Waals surface area contributed by atoms with Crippen LogP contribution in [0.15, 0.2) is 66.2 Å². The first-order valence-electron chi connectivity index (χ1n) is 10.2. The van der Waals surface area contributed by atoms with Gasteiger partial charge in [-0.3, -0.25) is 9.59 Å². The van der Waals surface area contributed by atoms with Crippen molar-refractivity contribution in [3.05, 3.63) is 93.0 Å². The number of hydrogen-bond donors (Lipinski definition) is 2. The highest BCUT2D eigenvalue weighted by Gasteiger charge is 2.11. The lowest BCUT2D eigenvalue weighted by Gasteiger charge is -2.10. The van der Waals surface area contributed by atoms with Crippen molar-refractivity contribution in [3.8, 4) is 11.8 Å². The summed E-state index contributed by atoms with van der Waals surface area (Å²) in [4.78, 5) is 24.7. The first-order valence-corrected chi connectivity index (χ1v) is 11.0. The van der Waals surface area contributed by atoms with Crippen LogP contribution in [0.3, 0.4) is 0 Å². The Morgan fingerprint density at radius 2 is 1.68 bits per heavy atom. The fourth-order valence-electron chi connectivity index (χ4n) is 2.95. The van der Waals surface area contributed by atoms with Gasteiger partial charge in [-0.15, -0.1) is 0 Å². The lowest BCUT2D eigenvalue weighted by molar-refractivity contribution is -0.118. The van der Waals surface area contributed by atoms with Crippen LogP contribution in [-0.4, -0.2) is 18.4 Å². The van der Waals surface area contributed by atoms with Gasteiger partial charge in [-0.2, -0.15) is 5.26 Å². The third-order valence-corrected chi connectivity index (χ3v) is 5.61. The van der Waals surface area contributed by atoms with Gasteiger partial charge in [-0.05, 0) is 79.1 Å². The molecule has 0 aliphatic heterocycles. The molecule has 2 amide bonds. The molecule has 0 saturated carbocycles. The second-order valence-corrected chi connectivity index (χ2v) is 8.28. The molecule has 172 valence electrons. The number of nitrogens with one attached hydrogen (secondary N) is 2. The standard InChI is InChI=1S/C26H21Cl2N3O3/c1-16-6-7-20(10-17(16)2)30-25(32)15-34-22-5-3-4-18(12-22)11-19(14-29)26(33)31-21-8-9-23(27)24(28)13-21/h3-13H,15H2,1-2H3,(H,30,32)(H,31,33)/b19-11-. The summed E-state index contributed by atoms with van der Waals surface area (Å²) in [5.74, 6) is -0.478. The van der Waals surface area contributed by atoms with Crippen molar-refractivity contribution in [2.45, 2.75) is 13.8 Å². The van der Waals surface area contributed by atoms with Gasteiger partial charge >= 0.3 is 0 Å². The second-order valence-electron chi connectivity index (χ2n) is 7.46. The number of nitriles is 1. The van der Waals surface area contributed by atoms with Gasteiger partial charge in [0.25, 0.3) is 11.8 Å². The molecule has 3 rings (SSSR count). The van der Waals surface area contributed by atoms with Crippen molar-refractivity contribution >= 4 is 52.5 Å². The molecule has 3 aromatic rings. The molecule has 0 atom stereocenters. The molecule has 0 aliphatic carbocycles. The summed E-state index contributed by atoms with van der Waals surface area (Å²) >= 11 is 11.8. The van der Waals surface area contributed by atoms with Gasteiger partial charge in [0.1, 0.15) is 17.4 Å². The zero-order chi connectivity index (χ0) is 24.7. The molecular formula is C26H21Cl2N3O3. The lowest BCUT2D eigenvalue weighted by Crippen LogP contribution is -2.20. The van der Waals surface area contributed by atoms with Crippen LogP contribution in [0, 0.1) is 25.2 Å². The largest absolute Gasteiger partial charge is 0.484 e. The van der Waals surface area contributed by atoms with E-state index in [-0.39, 0.29) is 23.1 Å². The van der Waals surface area contributed by atoms with Crippen LogP contribution in [0.2, 0.25) is 10.0 Å². The van der Waals surface area contributed by atoms with Crippen molar-refractivity contribution < 1.29 is 14.3 Å². The predicted octanol–water partition coefficient (Wildman–Crippen LogP) is 6.17. The highest BCUT2D eigenvalue weighted by Crippen LogP contribution is 2.25. The number of halogens is 2. The van der Waals surface area contributed by atoms with Crippen LogP contribution in [0.25, 0.3) is 6.08 Å². The van der Waals surface area contributed by atoms with E-state index < -0.39 is 5.91 Å². The summed E-state index contributed by atoms with van der Waals surface area (Å²) in [6.45, 7) is 3.78. The number of aryl methyl sites for hydroxylation is 2. The van der Waals surface area contributed by atoms with E-state index in [1.165, 1.54) is 12.1 Å². The first kappa shape index (κ1) is 24.8. The number of anilines is 2. The van der Waals surface area contributed by atoms with Crippen LogP contribution < -0.4 is 15.4 Å². The Hall–Kier alpha value is -3.79. The fraction of sp³-hybridized carbons (Fsp3) is 0.115. The molecule has 34 heavy (non-hydrogen) atoms. The van der Waals surface area contributed by atoms with Crippen LogP contribution in [0.1, 0.15) is 16.7 Å². The molecule has 0 aromatic heterocycles. The average molecular weight is 494 g/mol. The highest BCUT2D eigenvalue weighted by molar-refractivity contribution is 6.42. The topological polar surface area (TPSA) is 91.2 Å². The minimum atomic E-state index is -0.597. The Labute approximate surface area is 207 Å². The molecule has 8 heteroatoms. The summed E-state index contributed by atoms with van der Waals surface area (Å²) < 4.78 is 5.58. The quantitative estimate of drug-likeness (QED) is 0.304. The molecule has 6 nitrogen and oxygen atoms in total. The zero-order valence-corrected chi connectivity index (χ0v) is 20.0. The van der Waals surface area contributed by atoms with E-state index in [1.54, 1.807) is 36.4 Å². The Morgan fingerprint density at radius 1 is 0.941 bits per heavy atom. The summed E-state index contributed by atoms with van der Waals surface area (Å²) in [5, 5.41) is 15.5.